The van der Waals surface area contributed by atoms with Gasteiger partial charge in [-0.3, -0.25) is 4.79 Å². The van der Waals surface area contributed by atoms with Crippen LogP contribution in [-0.2, 0) is 4.79 Å². The van der Waals surface area contributed by atoms with Gasteiger partial charge in [0, 0.05) is 6.42 Å². The maximum atomic E-state index is 10.5. The van der Waals surface area contributed by atoms with Crippen molar-refractivity contribution in [2.24, 2.45) is 11.3 Å². The van der Waals surface area contributed by atoms with E-state index in [1.54, 1.807) is 0 Å². The minimum atomic E-state index is -0.814. The molecule has 0 spiro atoms. The second kappa shape index (κ2) is 4.74. The number of carboxylic acid groups (broad SMARTS) is 1. The molecule has 0 aromatic carbocycles. The third-order valence-electron chi connectivity index (χ3n) is 3.95. The van der Waals surface area contributed by atoms with Crippen LogP contribution in [0.3, 0.4) is 0 Å². The van der Waals surface area contributed by atoms with Gasteiger partial charge in [0.25, 0.3) is 0 Å². The molecule has 3 heteroatoms. The smallest absolute Gasteiger partial charge is 0.303 e. The standard InChI is InChI=1S/C13H24O3/c1-12(2,3)10-4-7-13(16,8-5-10)9-6-11(14)15/h10,16H,4-9H2,1-3H3,(H,14,15). The second-order valence-electron chi connectivity index (χ2n) is 6.26. The molecule has 3 nitrogen and oxygen atoms in total. The van der Waals surface area contributed by atoms with E-state index in [0.29, 0.717) is 17.8 Å². The van der Waals surface area contributed by atoms with Crippen molar-refractivity contribution < 1.29 is 15.0 Å². The average molecular weight is 228 g/mol. The third-order valence-corrected chi connectivity index (χ3v) is 3.95. The topological polar surface area (TPSA) is 57.5 Å². The van der Waals surface area contributed by atoms with E-state index in [9.17, 15) is 9.90 Å². The lowest BCUT2D eigenvalue weighted by molar-refractivity contribution is -0.139. The molecule has 0 amide bonds. The molecule has 0 aromatic rings. The Balaban J connectivity index is 2.44. The van der Waals surface area contributed by atoms with E-state index >= 15 is 0 Å². The van der Waals surface area contributed by atoms with Crippen molar-refractivity contribution >= 4 is 5.97 Å². The lowest BCUT2D eigenvalue weighted by Gasteiger charge is -2.41. The molecule has 94 valence electrons. The summed E-state index contributed by atoms with van der Waals surface area (Å²) in [4.78, 5) is 10.5. The van der Waals surface area contributed by atoms with Crippen LogP contribution in [0, 0.1) is 11.3 Å². The molecule has 0 radical (unpaired) electrons. The number of carboxylic acids is 1. The predicted octanol–water partition coefficient (Wildman–Crippen LogP) is 2.82. The zero-order chi connectivity index (χ0) is 12.4. The van der Waals surface area contributed by atoms with Crippen molar-refractivity contribution in [2.45, 2.75) is 64.9 Å². The summed E-state index contributed by atoms with van der Waals surface area (Å²) in [5, 5.41) is 18.9. The molecule has 1 aliphatic carbocycles. The number of aliphatic hydroxyl groups is 1. The Morgan fingerprint density at radius 2 is 1.81 bits per heavy atom. The summed E-state index contributed by atoms with van der Waals surface area (Å²) in [6, 6.07) is 0. The summed E-state index contributed by atoms with van der Waals surface area (Å²) in [6.07, 6.45) is 4.01. The van der Waals surface area contributed by atoms with E-state index < -0.39 is 11.6 Å². The zero-order valence-corrected chi connectivity index (χ0v) is 10.6. The van der Waals surface area contributed by atoms with Crippen molar-refractivity contribution in [3.63, 3.8) is 0 Å². The molecule has 1 fully saturated rings. The van der Waals surface area contributed by atoms with Crippen molar-refractivity contribution in [1.82, 2.24) is 0 Å². The molecule has 16 heavy (non-hydrogen) atoms. The zero-order valence-electron chi connectivity index (χ0n) is 10.6. The minimum Gasteiger partial charge on any atom is -0.481 e. The molecule has 0 bridgehead atoms. The van der Waals surface area contributed by atoms with Gasteiger partial charge < -0.3 is 10.2 Å². The quantitative estimate of drug-likeness (QED) is 0.781. The van der Waals surface area contributed by atoms with Crippen LogP contribution < -0.4 is 0 Å². The molecule has 1 aliphatic rings. The molecule has 0 aromatic heterocycles. The first-order chi connectivity index (χ1) is 7.23. The first-order valence-corrected chi connectivity index (χ1v) is 6.17. The van der Waals surface area contributed by atoms with Gasteiger partial charge in [-0.1, -0.05) is 20.8 Å². The lowest BCUT2D eigenvalue weighted by Crippen LogP contribution is -2.37. The van der Waals surface area contributed by atoms with E-state index in [-0.39, 0.29) is 6.42 Å². The highest BCUT2D eigenvalue weighted by molar-refractivity contribution is 5.66. The monoisotopic (exact) mass is 228 g/mol. The van der Waals surface area contributed by atoms with Crippen LogP contribution in [0.15, 0.2) is 0 Å². The highest BCUT2D eigenvalue weighted by Crippen LogP contribution is 2.42. The Bertz CT molecular complexity index is 244. The van der Waals surface area contributed by atoms with Crippen LogP contribution in [0.2, 0.25) is 0 Å². The van der Waals surface area contributed by atoms with Gasteiger partial charge >= 0.3 is 5.97 Å². The van der Waals surface area contributed by atoms with Crippen molar-refractivity contribution in [3.8, 4) is 0 Å². The maximum Gasteiger partial charge on any atom is 0.303 e. The largest absolute Gasteiger partial charge is 0.481 e. The summed E-state index contributed by atoms with van der Waals surface area (Å²) in [7, 11) is 0. The van der Waals surface area contributed by atoms with Crippen molar-refractivity contribution in [2.75, 3.05) is 0 Å². The molecule has 0 heterocycles. The highest BCUT2D eigenvalue weighted by atomic mass is 16.4. The molecule has 1 saturated carbocycles. The number of carbonyl (C=O) groups is 1. The van der Waals surface area contributed by atoms with Gasteiger partial charge in [0.05, 0.1) is 5.60 Å². The summed E-state index contributed by atoms with van der Waals surface area (Å²) in [5.74, 6) is -0.163. The minimum absolute atomic E-state index is 0.0800. The summed E-state index contributed by atoms with van der Waals surface area (Å²) < 4.78 is 0. The fraction of sp³-hybridized carbons (Fsp3) is 0.923. The molecular formula is C13H24O3. The van der Waals surface area contributed by atoms with Crippen LogP contribution in [0.5, 0.6) is 0 Å². The van der Waals surface area contributed by atoms with E-state index in [2.05, 4.69) is 20.8 Å². The summed E-state index contributed by atoms with van der Waals surface area (Å²) in [5.41, 5.74) is -0.422. The van der Waals surface area contributed by atoms with Gasteiger partial charge in [-0.25, -0.2) is 0 Å². The second-order valence-corrected chi connectivity index (χ2v) is 6.26. The molecule has 0 unspecified atom stereocenters. The van der Waals surface area contributed by atoms with Gasteiger partial charge in [0.2, 0.25) is 0 Å². The van der Waals surface area contributed by atoms with Crippen LogP contribution >= 0.6 is 0 Å². The van der Waals surface area contributed by atoms with Gasteiger partial charge in [0.1, 0.15) is 0 Å². The van der Waals surface area contributed by atoms with Crippen molar-refractivity contribution in [3.05, 3.63) is 0 Å². The number of hydrogen-bond acceptors (Lipinski definition) is 2. The van der Waals surface area contributed by atoms with E-state index in [1.165, 1.54) is 0 Å². The molecular weight excluding hydrogens is 204 g/mol. The SMILES string of the molecule is CC(C)(C)C1CCC(O)(CCC(=O)O)CC1. The van der Waals surface area contributed by atoms with E-state index in [0.717, 1.165) is 25.7 Å². The van der Waals surface area contributed by atoms with Crippen LogP contribution in [-0.4, -0.2) is 21.8 Å². The highest BCUT2D eigenvalue weighted by Gasteiger charge is 2.37. The molecule has 0 atom stereocenters. The molecule has 0 saturated heterocycles. The average Bonchev–Trinajstić information content (AvgIpc) is 2.14. The number of rotatable bonds is 3. The summed E-state index contributed by atoms with van der Waals surface area (Å²) >= 11 is 0. The van der Waals surface area contributed by atoms with Crippen LogP contribution in [0.25, 0.3) is 0 Å². The van der Waals surface area contributed by atoms with Crippen LogP contribution in [0.4, 0.5) is 0 Å². The third kappa shape index (κ3) is 3.78. The first kappa shape index (κ1) is 13.5. The fourth-order valence-electron chi connectivity index (χ4n) is 2.61. The van der Waals surface area contributed by atoms with Gasteiger partial charge in [0.15, 0.2) is 0 Å². The Kier molecular flexibility index (Phi) is 4.00. The van der Waals surface area contributed by atoms with E-state index in [4.69, 9.17) is 5.11 Å². The number of hydrogen-bond donors (Lipinski definition) is 2. The Morgan fingerprint density at radius 3 is 2.19 bits per heavy atom. The Morgan fingerprint density at radius 1 is 1.31 bits per heavy atom. The fourth-order valence-corrected chi connectivity index (χ4v) is 2.61. The van der Waals surface area contributed by atoms with Crippen LogP contribution in [0.1, 0.15) is 59.3 Å². The lowest BCUT2D eigenvalue weighted by atomic mass is 9.67. The van der Waals surface area contributed by atoms with Crippen molar-refractivity contribution in [1.29, 1.82) is 0 Å². The predicted molar refractivity (Wildman–Crippen MR) is 63.2 cm³/mol. The van der Waals surface area contributed by atoms with Gasteiger partial charge in [-0.15, -0.1) is 0 Å². The molecule has 2 N–H and O–H groups in total. The summed E-state index contributed by atoms with van der Waals surface area (Å²) in [6.45, 7) is 6.71. The first-order valence-electron chi connectivity index (χ1n) is 6.17. The molecule has 0 aliphatic heterocycles. The maximum absolute atomic E-state index is 10.5. The molecule has 1 rings (SSSR count). The van der Waals surface area contributed by atoms with Gasteiger partial charge in [-0.2, -0.15) is 0 Å². The number of aliphatic carboxylic acids is 1. The normalized spacial score (nSPS) is 31.4. The van der Waals surface area contributed by atoms with E-state index in [1.807, 2.05) is 0 Å². The van der Waals surface area contributed by atoms with Gasteiger partial charge in [-0.05, 0) is 43.4 Å². The Hall–Kier alpha value is -0.570. The Labute approximate surface area is 97.9 Å².